The van der Waals surface area contributed by atoms with Gasteiger partial charge in [-0.25, -0.2) is 4.98 Å². The first-order valence-corrected chi connectivity index (χ1v) is 8.35. The van der Waals surface area contributed by atoms with Gasteiger partial charge in [0.15, 0.2) is 0 Å². The van der Waals surface area contributed by atoms with Gasteiger partial charge in [-0.3, -0.25) is 9.78 Å². The van der Waals surface area contributed by atoms with Crippen LogP contribution in [0.25, 0.3) is 5.65 Å². The van der Waals surface area contributed by atoms with E-state index in [1.807, 2.05) is 42.3 Å². The molecule has 122 valence electrons. The molecule has 5 heteroatoms. The molecular formula is C19H20N4O. The van der Waals surface area contributed by atoms with Gasteiger partial charge in [0.25, 0.3) is 0 Å². The zero-order chi connectivity index (χ0) is 16.5. The summed E-state index contributed by atoms with van der Waals surface area (Å²) in [7, 11) is 0. The van der Waals surface area contributed by atoms with Crippen molar-refractivity contribution >= 4 is 11.6 Å². The minimum atomic E-state index is 0.117. The summed E-state index contributed by atoms with van der Waals surface area (Å²) in [6.45, 7) is 2.81. The molecule has 5 nitrogen and oxygen atoms in total. The van der Waals surface area contributed by atoms with Crippen LogP contribution in [0.3, 0.4) is 0 Å². The first-order chi connectivity index (χ1) is 11.7. The fourth-order valence-corrected chi connectivity index (χ4v) is 3.58. The lowest BCUT2D eigenvalue weighted by molar-refractivity contribution is -0.131. The molecule has 0 radical (unpaired) electrons. The number of aryl methyl sites for hydroxylation is 1. The van der Waals surface area contributed by atoms with Crippen LogP contribution in [-0.4, -0.2) is 31.7 Å². The van der Waals surface area contributed by atoms with Crippen LogP contribution in [0.1, 0.15) is 35.8 Å². The van der Waals surface area contributed by atoms with Crippen LogP contribution in [0.15, 0.2) is 48.9 Å². The van der Waals surface area contributed by atoms with Gasteiger partial charge in [0.1, 0.15) is 5.65 Å². The second kappa shape index (κ2) is 6.07. The molecule has 3 aromatic rings. The predicted octanol–water partition coefficient (Wildman–Crippen LogP) is 2.94. The molecule has 0 aromatic carbocycles. The lowest BCUT2D eigenvalue weighted by atomic mass is 10.1. The average molecular weight is 320 g/mol. The monoisotopic (exact) mass is 320 g/mol. The van der Waals surface area contributed by atoms with E-state index in [-0.39, 0.29) is 11.9 Å². The van der Waals surface area contributed by atoms with Gasteiger partial charge in [-0.1, -0.05) is 12.1 Å². The zero-order valence-electron chi connectivity index (χ0n) is 13.7. The molecule has 0 N–H and O–H groups in total. The summed E-state index contributed by atoms with van der Waals surface area (Å²) in [4.78, 5) is 23.5. The van der Waals surface area contributed by atoms with Crippen LogP contribution in [0.2, 0.25) is 0 Å². The molecule has 3 aromatic heterocycles. The Kier molecular flexibility index (Phi) is 3.76. The molecule has 0 aliphatic carbocycles. The van der Waals surface area contributed by atoms with Crippen LogP contribution in [-0.2, 0) is 11.2 Å². The number of carbonyl (C=O) groups is 1. The Labute approximate surface area is 141 Å². The number of fused-ring (bicyclic) bond motifs is 1. The number of nitrogens with zero attached hydrogens (tertiary/aromatic N) is 4. The van der Waals surface area contributed by atoms with Crippen molar-refractivity contribution in [2.24, 2.45) is 0 Å². The molecule has 0 spiro atoms. The molecule has 1 aliphatic heterocycles. The van der Waals surface area contributed by atoms with Crippen molar-refractivity contribution in [3.63, 3.8) is 0 Å². The van der Waals surface area contributed by atoms with E-state index in [0.29, 0.717) is 6.42 Å². The normalized spacial score (nSPS) is 17.5. The van der Waals surface area contributed by atoms with Gasteiger partial charge >= 0.3 is 0 Å². The third kappa shape index (κ3) is 2.66. The minimum Gasteiger partial charge on any atom is -0.334 e. The molecule has 24 heavy (non-hydrogen) atoms. The Morgan fingerprint density at radius 2 is 2.21 bits per heavy atom. The van der Waals surface area contributed by atoms with Crippen LogP contribution in [0.5, 0.6) is 0 Å². The number of carbonyl (C=O) groups excluding carboxylic acids is 1. The van der Waals surface area contributed by atoms with E-state index in [2.05, 4.69) is 20.4 Å². The van der Waals surface area contributed by atoms with Crippen LogP contribution < -0.4 is 0 Å². The molecule has 1 aliphatic rings. The van der Waals surface area contributed by atoms with Crippen molar-refractivity contribution in [2.45, 2.75) is 32.2 Å². The lowest BCUT2D eigenvalue weighted by Crippen LogP contribution is -2.32. The maximum atomic E-state index is 12.8. The van der Waals surface area contributed by atoms with Crippen LogP contribution in [0.4, 0.5) is 0 Å². The second-order valence-electron chi connectivity index (χ2n) is 6.34. The second-order valence-corrected chi connectivity index (χ2v) is 6.34. The first kappa shape index (κ1) is 14.9. The van der Waals surface area contributed by atoms with E-state index in [4.69, 9.17) is 0 Å². The fraction of sp³-hybridized carbons (Fsp3) is 0.316. The predicted molar refractivity (Wildman–Crippen MR) is 91.6 cm³/mol. The van der Waals surface area contributed by atoms with E-state index in [1.54, 1.807) is 12.4 Å². The molecule has 0 saturated carbocycles. The summed E-state index contributed by atoms with van der Waals surface area (Å²) in [5.41, 5.74) is 4.04. The Balaban J connectivity index is 1.63. The number of likely N-dealkylation sites (tertiary alicyclic amines) is 1. The fourth-order valence-electron chi connectivity index (χ4n) is 3.58. The zero-order valence-corrected chi connectivity index (χ0v) is 13.7. The van der Waals surface area contributed by atoms with E-state index in [0.717, 1.165) is 42.0 Å². The highest BCUT2D eigenvalue weighted by molar-refractivity contribution is 5.79. The molecule has 1 saturated heterocycles. The number of pyridine rings is 2. The number of hydrogen-bond acceptors (Lipinski definition) is 3. The van der Waals surface area contributed by atoms with E-state index in [1.165, 1.54) is 0 Å². The Morgan fingerprint density at radius 1 is 1.29 bits per heavy atom. The smallest absolute Gasteiger partial charge is 0.227 e. The summed E-state index contributed by atoms with van der Waals surface area (Å²) in [5, 5.41) is 0. The largest absolute Gasteiger partial charge is 0.334 e. The summed E-state index contributed by atoms with van der Waals surface area (Å²) < 4.78 is 2.12. The number of amides is 1. The molecule has 0 bridgehead atoms. The first-order valence-electron chi connectivity index (χ1n) is 8.35. The number of rotatable bonds is 3. The molecule has 4 rings (SSSR count). The van der Waals surface area contributed by atoms with Crippen molar-refractivity contribution in [1.82, 2.24) is 19.3 Å². The molecule has 1 fully saturated rings. The highest BCUT2D eigenvalue weighted by atomic mass is 16.2. The average Bonchev–Trinajstić information content (AvgIpc) is 3.20. The van der Waals surface area contributed by atoms with Crippen LogP contribution >= 0.6 is 0 Å². The number of aromatic nitrogens is 3. The van der Waals surface area contributed by atoms with Crippen molar-refractivity contribution < 1.29 is 4.79 Å². The van der Waals surface area contributed by atoms with Gasteiger partial charge in [-0.05, 0) is 43.5 Å². The van der Waals surface area contributed by atoms with Crippen molar-refractivity contribution in [3.05, 3.63) is 65.9 Å². The number of hydrogen-bond donors (Lipinski definition) is 0. The van der Waals surface area contributed by atoms with Crippen molar-refractivity contribution in [2.75, 3.05) is 6.54 Å². The quantitative estimate of drug-likeness (QED) is 0.745. The molecule has 4 heterocycles. The Morgan fingerprint density at radius 3 is 3.04 bits per heavy atom. The van der Waals surface area contributed by atoms with Crippen molar-refractivity contribution in [1.29, 1.82) is 0 Å². The maximum absolute atomic E-state index is 12.8. The van der Waals surface area contributed by atoms with E-state index in [9.17, 15) is 4.79 Å². The SMILES string of the molecule is Cc1cn2c([C@H]3CCCN3C(=O)Cc3cccnc3)cccc2n1. The Hall–Kier alpha value is -2.69. The number of imidazole rings is 1. The van der Waals surface area contributed by atoms with Gasteiger partial charge in [0.05, 0.1) is 18.2 Å². The third-order valence-corrected chi connectivity index (χ3v) is 4.64. The highest BCUT2D eigenvalue weighted by Crippen LogP contribution is 2.32. The highest BCUT2D eigenvalue weighted by Gasteiger charge is 2.31. The third-order valence-electron chi connectivity index (χ3n) is 4.64. The van der Waals surface area contributed by atoms with E-state index >= 15 is 0 Å². The topological polar surface area (TPSA) is 50.5 Å². The molecule has 1 amide bonds. The standard InChI is InChI=1S/C19H20N4O/c1-14-13-23-17(6-2-8-18(23)21-14)16-7-4-10-22(16)19(24)11-15-5-3-9-20-12-15/h2-3,5-6,8-9,12-13,16H,4,7,10-11H2,1H3/t16-/m1/s1. The van der Waals surface area contributed by atoms with Gasteiger partial charge < -0.3 is 9.30 Å². The summed E-state index contributed by atoms with van der Waals surface area (Å²) in [6, 6.07) is 10.1. The van der Waals surface area contributed by atoms with Crippen molar-refractivity contribution in [3.8, 4) is 0 Å². The molecule has 1 atom stereocenters. The summed E-state index contributed by atoms with van der Waals surface area (Å²) >= 11 is 0. The summed E-state index contributed by atoms with van der Waals surface area (Å²) in [5.74, 6) is 0.166. The van der Waals surface area contributed by atoms with Gasteiger partial charge in [-0.15, -0.1) is 0 Å². The van der Waals surface area contributed by atoms with Crippen LogP contribution in [0, 0.1) is 6.92 Å². The molecule has 0 unspecified atom stereocenters. The summed E-state index contributed by atoms with van der Waals surface area (Å²) in [6.07, 6.45) is 7.98. The molecular weight excluding hydrogens is 300 g/mol. The minimum absolute atomic E-state index is 0.117. The van der Waals surface area contributed by atoms with Gasteiger partial charge in [-0.2, -0.15) is 0 Å². The van der Waals surface area contributed by atoms with Gasteiger partial charge in [0, 0.05) is 30.8 Å². The van der Waals surface area contributed by atoms with Gasteiger partial charge in [0.2, 0.25) is 5.91 Å². The lowest BCUT2D eigenvalue weighted by Gasteiger charge is -2.26. The Bertz CT molecular complexity index is 871. The maximum Gasteiger partial charge on any atom is 0.227 e. The van der Waals surface area contributed by atoms with E-state index < -0.39 is 0 Å².